The summed E-state index contributed by atoms with van der Waals surface area (Å²) in [7, 11) is 0. The fraction of sp³-hybridized carbons (Fsp3) is 0.417. The summed E-state index contributed by atoms with van der Waals surface area (Å²) < 4.78 is 44.1. The van der Waals surface area contributed by atoms with E-state index in [1.165, 1.54) is 24.0 Å². The van der Waals surface area contributed by atoms with E-state index in [9.17, 15) is 33.2 Å². The van der Waals surface area contributed by atoms with Gasteiger partial charge in [0.25, 0.3) is 5.91 Å². The Kier molecular flexibility index (Phi) is 16.4. The van der Waals surface area contributed by atoms with Crippen LogP contribution >= 0.6 is 11.8 Å². The number of pyridine rings is 1. The second-order valence-electron chi connectivity index (χ2n) is 17.2. The minimum Gasteiger partial charge on any atom is -0.482 e. The number of rotatable bonds is 19. The topological polar surface area (TPSA) is 232 Å². The molecular formula is C48H57F2N9O8S. The Morgan fingerprint density at radius 3 is 2.46 bits per heavy atom. The Labute approximate surface area is 396 Å². The number of halogens is 2. The molecule has 0 aliphatic carbocycles. The number of nitrogens with zero attached hydrogens (tertiary/aromatic N) is 3. The molecule has 1 unspecified atom stereocenters. The van der Waals surface area contributed by atoms with Crippen LogP contribution in [0, 0.1) is 17.6 Å². The van der Waals surface area contributed by atoms with E-state index < -0.39 is 65.1 Å². The molecule has 20 heteroatoms. The number of urea groups is 1. The number of carbonyl (C=O) groups is 5. The van der Waals surface area contributed by atoms with E-state index in [0.29, 0.717) is 36.2 Å². The first-order valence-corrected chi connectivity index (χ1v) is 23.7. The van der Waals surface area contributed by atoms with E-state index in [4.69, 9.17) is 20.9 Å². The van der Waals surface area contributed by atoms with Crippen LogP contribution in [0.2, 0.25) is 0 Å². The molecule has 4 atom stereocenters. The van der Waals surface area contributed by atoms with Gasteiger partial charge in [-0.05, 0) is 79.1 Å². The summed E-state index contributed by atoms with van der Waals surface area (Å²) in [6.07, 6.45) is 3.65. The molecule has 0 spiro atoms. The van der Waals surface area contributed by atoms with Crippen molar-refractivity contribution in [1.82, 2.24) is 25.5 Å². The predicted octanol–water partition coefficient (Wildman–Crippen LogP) is 4.38. The van der Waals surface area contributed by atoms with Crippen LogP contribution in [0.5, 0.6) is 5.75 Å². The van der Waals surface area contributed by atoms with E-state index in [1.54, 1.807) is 53.8 Å². The van der Waals surface area contributed by atoms with Gasteiger partial charge in [-0.1, -0.05) is 56.7 Å². The van der Waals surface area contributed by atoms with Gasteiger partial charge in [-0.2, -0.15) is 0 Å². The van der Waals surface area contributed by atoms with Crippen molar-refractivity contribution in [1.29, 1.82) is 0 Å². The number of anilines is 1. The fourth-order valence-electron chi connectivity index (χ4n) is 8.61. The van der Waals surface area contributed by atoms with Gasteiger partial charge >= 0.3 is 6.03 Å². The molecular weight excluding hydrogens is 901 g/mol. The molecule has 4 heterocycles. The zero-order valence-corrected chi connectivity index (χ0v) is 38.8. The van der Waals surface area contributed by atoms with Crippen molar-refractivity contribution in [3.63, 3.8) is 0 Å². The molecule has 68 heavy (non-hydrogen) atoms. The quantitative estimate of drug-likeness (QED) is 0.0723. The van der Waals surface area contributed by atoms with Gasteiger partial charge in [0.2, 0.25) is 23.2 Å². The highest BCUT2D eigenvalue weighted by atomic mass is 32.2. The molecule has 1 aromatic heterocycles. The molecule has 8 N–H and O–H groups in total. The number of carbonyl (C=O) groups excluding carboxylic acids is 5. The highest BCUT2D eigenvalue weighted by molar-refractivity contribution is 7.98. The molecule has 17 nitrogen and oxygen atoms in total. The standard InChI is InChI=1S/C48H57F2N9O8S/c1-28(2)41(56-38(61)12-4-3-7-20-51)46(63)55-35(10-8-21-53-48(52)65)45(62)54-30-15-13-29(14-16-30)25-67-44-36(60)19-22-58-43(44)47(64)57-23-24-66-26-39(57)59(58)42-31-17-18-34(49)40(50)33(31)27-68-37-11-6-5-9-32(37)42/h5-6,9,11,13-19,22,28,35,39,41-42H,3-4,7-8,10,12,20-21,23-27,51H2,1-2H3,(H,54,62)(H,55,63)(H,56,61)(H3,52,53,65)/t35-,39+,41?,42-/m0/s1. The van der Waals surface area contributed by atoms with Crippen molar-refractivity contribution in [2.24, 2.45) is 17.4 Å². The van der Waals surface area contributed by atoms with Crippen molar-refractivity contribution in [2.45, 2.75) is 93.9 Å². The lowest BCUT2D eigenvalue weighted by Crippen LogP contribution is -2.66. The van der Waals surface area contributed by atoms with Crippen molar-refractivity contribution >= 4 is 47.1 Å². The second-order valence-corrected chi connectivity index (χ2v) is 18.2. The molecule has 362 valence electrons. The molecule has 0 bridgehead atoms. The van der Waals surface area contributed by atoms with E-state index in [0.717, 1.165) is 29.4 Å². The maximum absolute atomic E-state index is 15.6. The van der Waals surface area contributed by atoms with Gasteiger partial charge in [0, 0.05) is 53.7 Å². The second kappa shape index (κ2) is 22.5. The van der Waals surface area contributed by atoms with Crippen LogP contribution in [-0.2, 0) is 31.5 Å². The molecule has 1 saturated heterocycles. The summed E-state index contributed by atoms with van der Waals surface area (Å²) in [5, 5.41) is 12.7. The summed E-state index contributed by atoms with van der Waals surface area (Å²) >= 11 is 1.38. The summed E-state index contributed by atoms with van der Waals surface area (Å²) in [6.45, 7) is 4.65. The number of amides is 6. The molecule has 7 rings (SSSR count). The van der Waals surface area contributed by atoms with Gasteiger partial charge in [-0.3, -0.25) is 33.7 Å². The Bertz CT molecular complexity index is 2560. The highest BCUT2D eigenvalue weighted by Gasteiger charge is 2.46. The number of benzene rings is 3. The van der Waals surface area contributed by atoms with Crippen molar-refractivity contribution < 1.29 is 42.2 Å². The van der Waals surface area contributed by atoms with Gasteiger partial charge in [0.15, 0.2) is 23.1 Å². The lowest BCUT2D eigenvalue weighted by molar-refractivity contribution is -0.132. The molecule has 0 radical (unpaired) electrons. The Balaban J connectivity index is 1.10. The monoisotopic (exact) mass is 957 g/mol. The number of aromatic nitrogens is 1. The van der Waals surface area contributed by atoms with E-state index in [1.807, 2.05) is 29.3 Å². The minimum atomic E-state index is -1.05. The van der Waals surface area contributed by atoms with Crippen molar-refractivity contribution in [3.05, 3.63) is 123 Å². The molecule has 3 aliphatic rings. The van der Waals surface area contributed by atoms with Crippen LogP contribution in [0.25, 0.3) is 0 Å². The first kappa shape index (κ1) is 49.4. The molecule has 3 aromatic carbocycles. The lowest BCUT2D eigenvalue weighted by atomic mass is 9.93. The first-order valence-electron chi connectivity index (χ1n) is 22.7. The van der Waals surface area contributed by atoms with Crippen LogP contribution in [0.3, 0.4) is 0 Å². The molecule has 0 saturated carbocycles. The summed E-state index contributed by atoms with van der Waals surface area (Å²) in [5.41, 5.74) is 12.6. The Morgan fingerprint density at radius 2 is 1.71 bits per heavy atom. The smallest absolute Gasteiger partial charge is 0.312 e. The summed E-state index contributed by atoms with van der Waals surface area (Å²) in [4.78, 5) is 81.9. The van der Waals surface area contributed by atoms with Crippen LogP contribution < -0.4 is 47.9 Å². The van der Waals surface area contributed by atoms with E-state index >= 15 is 4.39 Å². The molecule has 6 amide bonds. The maximum atomic E-state index is 15.6. The number of nitrogens with two attached hydrogens (primary N) is 2. The fourth-order valence-corrected chi connectivity index (χ4v) is 9.73. The number of fused-ring (bicyclic) bond motifs is 4. The van der Waals surface area contributed by atoms with E-state index in [-0.39, 0.29) is 80.3 Å². The molecule has 1 fully saturated rings. The zero-order chi connectivity index (χ0) is 48.5. The van der Waals surface area contributed by atoms with E-state index in [2.05, 4.69) is 21.3 Å². The third kappa shape index (κ3) is 11.3. The van der Waals surface area contributed by atoms with Gasteiger partial charge < -0.3 is 47.1 Å². The average molecular weight is 958 g/mol. The predicted molar refractivity (Wildman–Crippen MR) is 251 cm³/mol. The number of ether oxygens (including phenoxy) is 2. The third-order valence-electron chi connectivity index (χ3n) is 12.1. The third-order valence-corrected chi connectivity index (χ3v) is 13.2. The highest BCUT2D eigenvalue weighted by Crippen LogP contribution is 2.45. The largest absolute Gasteiger partial charge is 0.482 e. The van der Waals surface area contributed by atoms with Gasteiger partial charge in [-0.15, -0.1) is 11.8 Å². The van der Waals surface area contributed by atoms with Crippen LogP contribution in [0.15, 0.2) is 82.6 Å². The minimum absolute atomic E-state index is 0.0426. The Morgan fingerprint density at radius 1 is 0.926 bits per heavy atom. The maximum Gasteiger partial charge on any atom is 0.312 e. The molecule has 3 aliphatic heterocycles. The van der Waals surface area contributed by atoms with Crippen molar-refractivity contribution in [3.8, 4) is 5.75 Å². The number of nitrogens with one attached hydrogen (secondary N) is 4. The van der Waals surface area contributed by atoms with Gasteiger partial charge in [-0.25, -0.2) is 13.6 Å². The lowest BCUT2D eigenvalue weighted by Gasteiger charge is -2.51. The Hall–Kier alpha value is -6.51. The normalized spacial score (nSPS) is 17.1. The number of thioether (sulfide) groups is 1. The number of morpholine rings is 1. The zero-order valence-electron chi connectivity index (χ0n) is 37.9. The average Bonchev–Trinajstić information content (AvgIpc) is 3.49. The number of hydrogen-bond donors (Lipinski definition) is 6. The summed E-state index contributed by atoms with van der Waals surface area (Å²) in [5.74, 6) is -4.09. The summed E-state index contributed by atoms with van der Waals surface area (Å²) in [6, 6.07) is 14.7. The van der Waals surface area contributed by atoms with Gasteiger partial charge in [0.1, 0.15) is 24.9 Å². The first-order chi connectivity index (χ1) is 32.8. The SMILES string of the molecule is CC(C)C(NC(=O)CCCCCN)C(=O)N[C@@H](CCCNC(N)=O)C(=O)Nc1ccc(COc2c3n(ccc2=O)N([C@@H]2c4ccccc4SCc4c2ccc(F)c4F)[C@@H]2COCCN2C3=O)cc1. The molecule has 4 aromatic rings. The van der Waals surface area contributed by atoms with Gasteiger partial charge in [0.05, 0.1) is 19.3 Å². The number of unbranched alkanes of at least 4 members (excludes halogenated alkanes) is 2. The van der Waals surface area contributed by atoms with Crippen LogP contribution in [0.4, 0.5) is 19.3 Å². The van der Waals surface area contributed by atoms with Crippen LogP contribution in [0.1, 0.15) is 91.2 Å². The number of primary amides is 1. The number of hydrogen-bond acceptors (Lipinski definition) is 11. The van der Waals surface area contributed by atoms with Crippen molar-refractivity contribution in [2.75, 3.05) is 43.2 Å². The van der Waals surface area contributed by atoms with Crippen LogP contribution in [-0.4, -0.2) is 90.3 Å².